The van der Waals surface area contributed by atoms with Gasteiger partial charge in [0.25, 0.3) is 0 Å². The van der Waals surface area contributed by atoms with Gasteiger partial charge in [-0.05, 0) is 32.6 Å². The van der Waals surface area contributed by atoms with Crippen LogP contribution < -0.4 is 0 Å². The molecule has 0 amide bonds. The van der Waals surface area contributed by atoms with Crippen molar-refractivity contribution in [1.82, 2.24) is 0 Å². The fourth-order valence-corrected chi connectivity index (χ4v) is 0.609. The zero-order valence-corrected chi connectivity index (χ0v) is 9.68. The van der Waals surface area contributed by atoms with Crippen molar-refractivity contribution in [2.24, 2.45) is 0 Å². The Morgan fingerprint density at radius 2 is 1.27 bits per heavy atom. The fourth-order valence-electron chi connectivity index (χ4n) is 0.609. The molecule has 78 valence electrons. The van der Waals surface area contributed by atoms with E-state index in [4.69, 9.17) is 14.0 Å². The Labute approximate surface area is 103 Å². The van der Waals surface area contributed by atoms with Crippen LogP contribution in [0.2, 0.25) is 0 Å². The normalized spacial score (nSPS) is 11.9. The number of Topliss-reactive ketones (excluding diaryl/α,β-unsaturated/α-hetero) is 1. The second kappa shape index (κ2) is 23.4. The maximum atomic E-state index is 10.5. The second-order valence-electron chi connectivity index (χ2n) is 1.73. The molecule has 0 heterocycles. The predicted octanol–water partition coefficient (Wildman–Crippen LogP) is 0.866. The number of hydrogen-bond acceptors (Lipinski definition) is 1. The second-order valence-corrected chi connectivity index (χ2v) is 1.73. The zero-order chi connectivity index (χ0) is 12.0. The van der Waals surface area contributed by atoms with Crippen LogP contribution in [-0.2, 0) is 38.9 Å². The molecule has 6 radical (unpaired) electrons. The summed E-state index contributed by atoms with van der Waals surface area (Å²) in [6.07, 6.45) is 7.33. The molecule has 0 bridgehead atoms. The van der Waals surface area contributed by atoms with Crippen molar-refractivity contribution >= 4 is 5.78 Å². The van der Waals surface area contributed by atoms with Crippen LogP contribution >= 0.6 is 0 Å². The molecule has 1 fully saturated rings. The van der Waals surface area contributed by atoms with Crippen molar-refractivity contribution in [3.8, 4) is 0 Å². The van der Waals surface area contributed by atoms with Gasteiger partial charge in [-0.25, -0.2) is 0 Å². The minimum atomic E-state index is 0. The van der Waals surface area contributed by atoms with Gasteiger partial charge in [0, 0.05) is 26.0 Å². The molecular weight excluding hydrogens is 283 g/mol. The summed E-state index contributed by atoms with van der Waals surface area (Å²) in [7, 11) is 0. The van der Waals surface area contributed by atoms with Gasteiger partial charge in [0.2, 0.25) is 0 Å². The number of carbonyl (C=O) groups excluding carboxylic acids is 1. The van der Waals surface area contributed by atoms with Crippen LogP contribution in [0.4, 0.5) is 0 Å². The molecule has 0 aliphatic heterocycles. The molecule has 15 heavy (non-hydrogen) atoms. The number of ketones is 1. The molecule has 1 saturated carbocycles. The Morgan fingerprint density at radius 3 is 1.40 bits per heavy atom. The molecule has 1 rings (SSSR count). The van der Waals surface area contributed by atoms with Crippen molar-refractivity contribution in [3.05, 3.63) is 51.6 Å². The average Bonchev–Trinajstić information content (AvgIpc) is 2.80. The van der Waals surface area contributed by atoms with Gasteiger partial charge in [-0.15, -0.1) is 0 Å². The standard InChI is InChI=1S/C7H7O.3CO.Tc/c1-6(8)7-4-2-3-5-7;3*1-2;/h2-5H,1H3;;;;/i;;;;1+1. The third-order valence-corrected chi connectivity index (χ3v) is 1.07. The number of hydrogen-bond donors (Lipinski definition) is 0. The van der Waals surface area contributed by atoms with Crippen LogP contribution in [0.1, 0.15) is 6.92 Å². The van der Waals surface area contributed by atoms with E-state index in [1.165, 1.54) is 0 Å². The van der Waals surface area contributed by atoms with Crippen LogP contribution in [0.15, 0.2) is 0 Å². The average molecular weight is 290 g/mol. The Kier molecular flexibility index (Phi) is 37.4. The van der Waals surface area contributed by atoms with Crippen LogP contribution in [0.25, 0.3) is 0 Å². The van der Waals surface area contributed by atoms with E-state index in [-0.39, 0.29) is 25.9 Å². The zero-order valence-electron chi connectivity index (χ0n) is 7.82. The first kappa shape index (κ1) is 24.0. The Balaban J connectivity index is -0.0000000755. The quantitative estimate of drug-likeness (QED) is 0.521. The van der Waals surface area contributed by atoms with Crippen molar-refractivity contribution in [3.63, 3.8) is 0 Å². The van der Waals surface area contributed by atoms with Crippen LogP contribution in [-0.4, -0.2) is 5.78 Å². The molecule has 1 aliphatic rings. The topological polar surface area (TPSA) is 76.8 Å². The molecule has 0 saturated heterocycles. The fraction of sp³-hybridized carbons (Fsp3) is 0.100. The van der Waals surface area contributed by atoms with Crippen LogP contribution in [0.3, 0.4) is 0 Å². The van der Waals surface area contributed by atoms with Gasteiger partial charge in [0.15, 0.2) is 0 Å². The van der Waals surface area contributed by atoms with Gasteiger partial charge < -0.3 is 0 Å². The molecule has 0 aromatic heterocycles. The third-order valence-electron chi connectivity index (χ3n) is 1.07. The molecule has 0 N–H and O–H groups in total. The number of rotatable bonds is 1. The predicted molar refractivity (Wildman–Crippen MR) is 42.9 cm³/mol. The van der Waals surface area contributed by atoms with E-state index in [9.17, 15) is 4.79 Å². The molecule has 0 aromatic rings. The Hall–Kier alpha value is -0.461. The molecular formula is C10H7O4Tc. The number of carbonyl (C=O) groups is 1. The molecule has 4 nitrogen and oxygen atoms in total. The monoisotopic (exact) mass is 290 g/mol. The summed E-state index contributed by atoms with van der Waals surface area (Å²) < 4.78 is 22.5. The Bertz CT molecular complexity index is 175. The van der Waals surface area contributed by atoms with Crippen LogP contribution in [0.5, 0.6) is 0 Å². The summed E-state index contributed by atoms with van der Waals surface area (Å²) in [5.41, 5.74) is 0. The van der Waals surface area contributed by atoms with Gasteiger partial charge in [-0.3, -0.25) is 4.79 Å². The van der Waals surface area contributed by atoms with Gasteiger partial charge in [0.1, 0.15) is 5.78 Å². The van der Waals surface area contributed by atoms with E-state index in [1.807, 2.05) is 25.7 Å². The molecule has 0 unspecified atom stereocenters. The van der Waals surface area contributed by atoms with Crippen molar-refractivity contribution in [2.45, 2.75) is 6.92 Å². The summed E-state index contributed by atoms with van der Waals surface area (Å²) in [6, 6.07) is 0. The molecule has 1 aliphatic carbocycles. The van der Waals surface area contributed by atoms with E-state index in [0.29, 0.717) is 0 Å². The Morgan fingerprint density at radius 1 is 1.00 bits per heavy atom. The van der Waals surface area contributed by atoms with Gasteiger partial charge in [-0.1, -0.05) is 0 Å². The van der Waals surface area contributed by atoms with Crippen molar-refractivity contribution < 1.29 is 38.9 Å². The van der Waals surface area contributed by atoms with E-state index >= 15 is 0 Å². The molecule has 0 spiro atoms. The van der Waals surface area contributed by atoms with Gasteiger partial charge in [0.05, 0.1) is 0 Å². The summed E-state index contributed by atoms with van der Waals surface area (Å²) in [6.45, 7) is 15.1. The maximum absolute atomic E-state index is 10.5. The van der Waals surface area contributed by atoms with E-state index in [2.05, 4.69) is 20.0 Å². The van der Waals surface area contributed by atoms with E-state index in [0.717, 1.165) is 5.92 Å². The van der Waals surface area contributed by atoms with Crippen molar-refractivity contribution in [1.29, 1.82) is 0 Å². The summed E-state index contributed by atoms with van der Waals surface area (Å²) >= 11 is 0. The first-order chi connectivity index (χ1) is 6.80. The molecule has 0 aromatic carbocycles. The van der Waals surface area contributed by atoms with Crippen LogP contribution in [0, 0.1) is 51.6 Å². The van der Waals surface area contributed by atoms with Crippen molar-refractivity contribution in [2.75, 3.05) is 0 Å². The molecule has 5 heteroatoms. The van der Waals surface area contributed by atoms with Gasteiger partial charge >= 0.3 is 33.9 Å². The molecule has 0 atom stereocenters. The third kappa shape index (κ3) is 16.2. The SMILES string of the molecule is CC(=O)[C]1[CH][CH][CH][CH]1.[99Tc].[C-]#[O+].[C-]#[O+].[C-]#[O+]. The summed E-state index contributed by atoms with van der Waals surface area (Å²) in [4.78, 5) is 10.5. The van der Waals surface area contributed by atoms with E-state index in [1.54, 1.807) is 6.92 Å². The first-order valence-electron chi connectivity index (χ1n) is 3.14. The summed E-state index contributed by atoms with van der Waals surface area (Å²) in [5, 5.41) is 0. The minimum absolute atomic E-state index is 0. The van der Waals surface area contributed by atoms with Gasteiger partial charge in [-0.2, -0.15) is 0 Å². The summed E-state index contributed by atoms with van der Waals surface area (Å²) in [5.74, 6) is 0.931. The first-order valence-corrected chi connectivity index (χ1v) is 3.14. The van der Waals surface area contributed by atoms with E-state index < -0.39 is 0 Å².